The van der Waals surface area contributed by atoms with Gasteiger partial charge in [0.15, 0.2) is 0 Å². The van der Waals surface area contributed by atoms with Gasteiger partial charge in [0.25, 0.3) is 0 Å². The molecule has 0 radical (unpaired) electrons. The molecule has 0 unspecified atom stereocenters. The van der Waals surface area contributed by atoms with Crippen molar-refractivity contribution in [1.82, 2.24) is 9.97 Å². The van der Waals surface area contributed by atoms with Gasteiger partial charge in [-0.2, -0.15) is 0 Å². The number of rotatable bonds is 6. The van der Waals surface area contributed by atoms with Gasteiger partial charge >= 0.3 is 5.97 Å². The second kappa shape index (κ2) is 6.18. The van der Waals surface area contributed by atoms with E-state index in [1.807, 2.05) is 0 Å². The molecule has 2 N–H and O–H groups in total. The number of benzene rings is 1. The van der Waals surface area contributed by atoms with E-state index in [2.05, 4.69) is 41.2 Å². The predicted molar refractivity (Wildman–Crippen MR) is 74.0 cm³/mol. The van der Waals surface area contributed by atoms with E-state index in [1.165, 1.54) is 5.56 Å². The summed E-state index contributed by atoms with van der Waals surface area (Å²) >= 11 is 0. The van der Waals surface area contributed by atoms with E-state index in [-0.39, 0.29) is 6.42 Å². The molecule has 0 saturated carbocycles. The van der Waals surface area contributed by atoms with Gasteiger partial charge in [-0.15, -0.1) is 0 Å². The second-order valence-electron chi connectivity index (χ2n) is 4.54. The molecule has 0 atom stereocenters. The number of aromatic nitrogens is 2. The molecular weight excluding hydrogens is 240 g/mol. The summed E-state index contributed by atoms with van der Waals surface area (Å²) < 4.78 is 0. The summed E-state index contributed by atoms with van der Waals surface area (Å²) in [4.78, 5) is 18.0. The predicted octanol–water partition coefficient (Wildman–Crippen LogP) is 3.05. The van der Waals surface area contributed by atoms with Gasteiger partial charge in [0.05, 0.1) is 11.9 Å². The van der Waals surface area contributed by atoms with E-state index >= 15 is 0 Å². The molecule has 2 rings (SSSR count). The minimum atomic E-state index is -0.762. The molecule has 0 aliphatic rings. The average molecular weight is 258 g/mol. The molecule has 0 bridgehead atoms. The maximum absolute atomic E-state index is 10.4. The summed E-state index contributed by atoms with van der Waals surface area (Å²) in [5.41, 5.74) is 3.40. The van der Waals surface area contributed by atoms with Crippen LogP contribution in [0.4, 0.5) is 0 Å². The van der Waals surface area contributed by atoms with Gasteiger partial charge in [0.2, 0.25) is 0 Å². The van der Waals surface area contributed by atoms with Gasteiger partial charge in [0, 0.05) is 12.8 Å². The lowest BCUT2D eigenvalue weighted by Crippen LogP contribution is -1.96. The number of aliphatic carboxylic acids is 1. The SMILES string of the molecule is CCc1ccc(-c2cnc(CCCC(=O)O)[nH]2)cc1. The lowest BCUT2D eigenvalue weighted by Gasteiger charge is -2.00. The molecule has 0 saturated heterocycles. The molecule has 0 fully saturated rings. The van der Waals surface area contributed by atoms with Crippen LogP contribution >= 0.6 is 0 Å². The van der Waals surface area contributed by atoms with Crippen LogP contribution in [0.5, 0.6) is 0 Å². The lowest BCUT2D eigenvalue weighted by molar-refractivity contribution is -0.137. The van der Waals surface area contributed by atoms with Crippen LogP contribution in [0.2, 0.25) is 0 Å². The van der Waals surface area contributed by atoms with Gasteiger partial charge in [-0.05, 0) is 24.0 Å². The first-order valence-electron chi connectivity index (χ1n) is 6.54. The molecule has 1 aromatic heterocycles. The number of hydrogen-bond donors (Lipinski definition) is 2. The highest BCUT2D eigenvalue weighted by molar-refractivity contribution is 5.66. The fourth-order valence-electron chi connectivity index (χ4n) is 1.96. The van der Waals surface area contributed by atoms with E-state index in [0.717, 1.165) is 23.5 Å². The molecular formula is C15H18N2O2. The first-order valence-corrected chi connectivity index (χ1v) is 6.54. The first kappa shape index (κ1) is 13.3. The summed E-state index contributed by atoms with van der Waals surface area (Å²) in [6.45, 7) is 2.13. The molecule has 2 aromatic rings. The Kier molecular flexibility index (Phi) is 4.34. The Hall–Kier alpha value is -2.10. The third-order valence-corrected chi connectivity index (χ3v) is 3.11. The zero-order chi connectivity index (χ0) is 13.7. The molecule has 0 aliphatic carbocycles. The van der Waals surface area contributed by atoms with E-state index in [9.17, 15) is 4.79 Å². The number of aromatic amines is 1. The molecule has 1 aromatic carbocycles. The van der Waals surface area contributed by atoms with Crippen molar-refractivity contribution in [2.24, 2.45) is 0 Å². The summed E-state index contributed by atoms with van der Waals surface area (Å²) in [5, 5.41) is 8.59. The fraction of sp³-hybridized carbons (Fsp3) is 0.333. The number of nitrogens with zero attached hydrogens (tertiary/aromatic N) is 1. The summed E-state index contributed by atoms with van der Waals surface area (Å²) in [6, 6.07) is 8.38. The second-order valence-corrected chi connectivity index (χ2v) is 4.54. The van der Waals surface area contributed by atoms with Crippen LogP contribution in [0.1, 0.15) is 31.2 Å². The molecule has 19 heavy (non-hydrogen) atoms. The van der Waals surface area contributed by atoms with Gasteiger partial charge < -0.3 is 10.1 Å². The van der Waals surface area contributed by atoms with E-state index < -0.39 is 5.97 Å². The Balaban J connectivity index is 2.01. The molecule has 4 heteroatoms. The maximum Gasteiger partial charge on any atom is 0.303 e. The number of H-pyrrole nitrogens is 1. The Bertz CT molecular complexity index is 544. The van der Waals surface area contributed by atoms with Crippen molar-refractivity contribution in [1.29, 1.82) is 0 Å². The maximum atomic E-state index is 10.4. The smallest absolute Gasteiger partial charge is 0.303 e. The minimum Gasteiger partial charge on any atom is -0.481 e. The molecule has 0 spiro atoms. The Morgan fingerprint density at radius 3 is 2.68 bits per heavy atom. The highest BCUT2D eigenvalue weighted by atomic mass is 16.4. The van der Waals surface area contributed by atoms with Crippen molar-refractivity contribution in [3.8, 4) is 11.3 Å². The Morgan fingerprint density at radius 1 is 1.32 bits per heavy atom. The van der Waals surface area contributed by atoms with Crippen molar-refractivity contribution in [2.75, 3.05) is 0 Å². The number of aryl methyl sites for hydroxylation is 2. The highest BCUT2D eigenvalue weighted by Gasteiger charge is 2.04. The number of nitrogens with one attached hydrogen (secondary N) is 1. The standard InChI is InChI=1S/C15H18N2O2/c1-2-11-6-8-12(9-7-11)13-10-16-14(17-13)4-3-5-15(18)19/h6-10H,2-5H2,1H3,(H,16,17)(H,18,19). The average Bonchev–Trinajstić information content (AvgIpc) is 2.87. The van der Waals surface area contributed by atoms with Crippen LogP contribution in [0, 0.1) is 0 Å². The van der Waals surface area contributed by atoms with Crippen LogP contribution in [0.15, 0.2) is 30.5 Å². The van der Waals surface area contributed by atoms with Crippen molar-refractivity contribution in [3.63, 3.8) is 0 Å². The number of carboxylic acids is 1. The molecule has 1 heterocycles. The topological polar surface area (TPSA) is 66.0 Å². The van der Waals surface area contributed by atoms with E-state index in [0.29, 0.717) is 12.8 Å². The summed E-state index contributed by atoms with van der Waals surface area (Å²) in [6.07, 6.45) is 4.29. The molecule has 0 amide bonds. The van der Waals surface area contributed by atoms with Crippen LogP contribution in [-0.2, 0) is 17.6 Å². The van der Waals surface area contributed by atoms with Crippen molar-refractivity contribution in [3.05, 3.63) is 41.9 Å². The third-order valence-electron chi connectivity index (χ3n) is 3.11. The number of hydrogen-bond acceptors (Lipinski definition) is 2. The monoisotopic (exact) mass is 258 g/mol. The van der Waals surface area contributed by atoms with Gasteiger partial charge in [-0.1, -0.05) is 31.2 Å². The summed E-state index contributed by atoms with van der Waals surface area (Å²) in [5.74, 6) is 0.0813. The molecule has 0 aliphatic heterocycles. The van der Waals surface area contributed by atoms with Crippen molar-refractivity contribution in [2.45, 2.75) is 32.6 Å². The number of imidazole rings is 1. The normalized spacial score (nSPS) is 10.6. The van der Waals surface area contributed by atoms with Crippen LogP contribution in [0.25, 0.3) is 11.3 Å². The number of carbonyl (C=O) groups is 1. The Labute approximate surface area is 112 Å². The van der Waals surface area contributed by atoms with Crippen LogP contribution in [-0.4, -0.2) is 21.0 Å². The minimum absolute atomic E-state index is 0.182. The molecule has 4 nitrogen and oxygen atoms in total. The lowest BCUT2D eigenvalue weighted by atomic mass is 10.1. The largest absolute Gasteiger partial charge is 0.481 e. The molecule has 100 valence electrons. The van der Waals surface area contributed by atoms with Crippen LogP contribution in [0.3, 0.4) is 0 Å². The fourth-order valence-corrected chi connectivity index (χ4v) is 1.96. The zero-order valence-electron chi connectivity index (χ0n) is 11.0. The first-order chi connectivity index (χ1) is 9.19. The number of carboxylic acid groups (broad SMARTS) is 1. The highest BCUT2D eigenvalue weighted by Crippen LogP contribution is 2.18. The third kappa shape index (κ3) is 3.68. The van der Waals surface area contributed by atoms with Crippen molar-refractivity contribution < 1.29 is 9.90 Å². The zero-order valence-corrected chi connectivity index (χ0v) is 11.0. The van der Waals surface area contributed by atoms with E-state index in [1.54, 1.807) is 6.20 Å². The van der Waals surface area contributed by atoms with Gasteiger partial charge in [-0.25, -0.2) is 4.98 Å². The Morgan fingerprint density at radius 2 is 2.05 bits per heavy atom. The van der Waals surface area contributed by atoms with Crippen molar-refractivity contribution >= 4 is 5.97 Å². The van der Waals surface area contributed by atoms with E-state index in [4.69, 9.17) is 5.11 Å². The van der Waals surface area contributed by atoms with Crippen LogP contribution < -0.4 is 0 Å². The quantitative estimate of drug-likeness (QED) is 0.837. The van der Waals surface area contributed by atoms with Gasteiger partial charge in [-0.3, -0.25) is 4.79 Å². The summed E-state index contributed by atoms with van der Waals surface area (Å²) in [7, 11) is 0. The van der Waals surface area contributed by atoms with Gasteiger partial charge in [0.1, 0.15) is 5.82 Å².